The number of hydrogen-bond donors (Lipinski definition) is 0. The zero-order valence-electron chi connectivity index (χ0n) is 12.0. The molecule has 0 saturated carbocycles. The summed E-state index contributed by atoms with van der Waals surface area (Å²) in [6, 6.07) is 3.26. The minimum atomic E-state index is -4.41. The van der Waals surface area contributed by atoms with E-state index in [4.69, 9.17) is 16.3 Å². The Bertz CT molecular complexity index is 485. The molecule has 1 aromatic rings. The minimum Gasteiger partial charge on any atom is -0.379 e. The number of ether oxygens (including phenoxy) is 1. The second-order valence-corrected chi connectivity index (χ2v) is 5.51. The Morgan fingerprint density at radius 3 is 2.38 bits per heavy atom. The van der Waals surface area contributed by atoms with Crippen LogP contribution in [-0.4, -0.2) is 37.7 Å². The van der Waals surface area contributed by atoms with Gasteiger partial charge >= 0.3 is 6.18 Å². The first kappa shape index (κ1) is 16.6. The number of rotatable bonds is 4. The molecule has 1 aliphatic heterocycles. The van der Waals surface area contributed by atoms with E-state index in [0.29, 0.717) is 38.2 Å². The van der Waals surface area contributed by atoms with E-state index in [0.717, 1.165) is 13.1 Å². The van der Waals surface area contributed by atoms with E-state index in [1.165, 1.54) is 0 Å². The van der Waals surface area contributed by atoms with Crippen LogP contribution in [0.25, 0.3) is 0 Å². The third kappa shape index (κ3) is 4.11. The maximum atomic E-state index is 13.3. The lowest BCUT2D eigenvalue weighted by Crippen LogP contribution is -2.37. The van der Waals surface area contributed by atoms with E-state index in [9.17, 15) is 13.2 Å². The summed E-state index contributed by atoms with van der Waals surface area (Å²) in [6.45, 7) is 5.20. The van der Waals surface area contributed by atoms with Crippen LogP contribution in [0.15, 0.2) is 12.1 Å². The monoisotopic (exact) mass is 321 g/mol. The summed E-state index contributed by atoms with van der Waals surface area (Å²) in [4.78, 5) is 2.12. The molecule has 6 heteroatoms. The van der Waals surface area contributed by atoms with Crippen LogP contribution in [-0.2, 0) is 23.8 Å². The Hall–Kier alpha value is -0.780. The van der Waals surface area contributed by atoms with Crippen molar-refractivity contribution in [3.05, 3.63) is 33.8 Å². The molecule has 1 aliphatic rings. The zero-order valence-corrected chi connectivity index (χ0v) is 12.7. The van der Waals surface area contributed by atoms with Gasteiger partial charge in [0.2, 0.25) is 0 Å². The fraction of sp³-hybridized carbons (Fsp3) is 0.600. The molecule has 0 unspecified atom stereocenters. The number of benzene rings is 1. The van der Waals surface area contributed by atoms with Gasteiger partial charge in [-0.15, -0.1) is 0 Å². The largest absolute Gasteiger partial charge is 0.418 e. The second-order valence-electron chi connectivity index (χ2n) is 5.13. The minimum absolute atomic E-state index is 0.149. The van der Waals surface area contributed by atoms with Crippen LogP contribution in [0.2, 0.25) is 5.02 Å². The molecule has 0 aromatic heterocycles. The average molecular weight is 322 g/mol. The van der Waals surface area contributed by atoms with Gasteiger partial charge in [-0.25, -0.2) is 0 Å². The Labute approximate surface area is 127 Å². The Morgan fingerprint density at radius 1 is 1.19 bits per heavy atom. The number of nitrogens with zero attached hydrogens (tertiary/aromatic N) is 1. The first-order chi connectivity index (χ1) is 9.93. The van der Waals surface area contributed by atoms with Crippen molar-refractivity contribution in [1.82, 2.24) is 4.90 Å². The fourth-order valence-corrected chi connectivity index (χ4v) is 2.98. The highest BCUT2D eigenvalue weighted by Crippen LogP contribution is 2.39. The van der Waals surface area contributed by atoms with E-state index >= 15 is 0 Å². The van der Waals surface area contributed by atoms with Crippen molar-refractivity contribution in [3.63, 3.8) is 0 Å². The summed E-state index contributed by atoms with van der Waals surface area (Å²) in [5.74, 6) is 0. The Kier molecular flexibility index (Phi) is 5.52. The van der Waals surface area contributed by atoms with Gasteiger partial charge in [-0.1, -0.05) is 30.7 Å². The zero-order chi connectivity index (χ0) is 15.5. The summed E-state index contributed by atoms with van der Waals surface area (Å²) >= 11 is 5.97. The van der Waals surface area contributed by atoms with Crippen molar-refractivity contribution in [1.29, 1.82) is 0 Å². The third-order valence-corrected chi connectivity index (χ3v) is 4.21. The number of alkyl halides is 3. The van der Waals surface area contributed by atoms with Gasteiger partial charge in [-0.2, -0.15) is 13.2 Å². The summed E-state index contributed by atoms with van der Waals surface area (Å²) in [7, 11) is 0. The van der Waals surface area contributed by atoms with E-state index < -0.39 is 11.7 Å². The van der Waals surface area contributed by atoms with Crippen molar-refractivity contribution in [2.45, 2.75) is 25.9 Å². The molecule has 0 spiro atoms. The molecular weight excluding hydrogens is 303 g/mol. The molecule has 0 aliphatic carbocycles. The normalized spacial score (nSPS) is 17.2. The summed E-state index contributed by atoms with van der Waals surface area (Å²) in [5.41, 5.74) is 0.145. The maximum absolute atomic E-state index is 13.3. The van der Waals surface area contributed by atoms with Crippen LogP contribution in [0.4, 0.5) is 13.2 Å². The lowest BCUT2D eigenvalue weighted by molar-refractivity contribution is -0.138. The van der Waals surface area contributed by atoms with Crippen molar-refractivity contribution < 1.29 is 17.9 Å². The molecule has 118 valence electrons. The predicted octanol–water partition coefficient (Wildman–Crippen LogP) is 3.80. The standard InChI is InChI=1S/C15H19ClF3NO/c1-2-11-3-4-12(13(14(11)16)15(17,18)19)5-6-20-7-9-21-10-8-20/h3-4H,2,5-10H2,1H3. The van der Waals surface area contributed by atoms with E-state index in [1.807, 2.05) is 0 Å². The van der Waals surface area contributed by atoms with Gasteiger partial charge in [0.15, 0.2) is 0 Å². The molecule has 1 fully saturated rings. The first-order valence-corrected chi connectivity index (χ1v) is 7.48. The predicted molar refractivity (Wildman–Crippen MR) is 76.8 cm³/mol. The smallest absolute Gasteiger partial charge is 0.379 e. The van der Waals surface area contributed by atoms with Gasteiger partial charge in [0.05, 0.1) is 23.8 Å². The quantitative estimate of drug-likeness (QED) is 0.836. The van der Waals surface area contributed by atoms with E-state index in [1.54, 1.807) is 19.1 Å². The average Bonchev–Trinajstić information content (AvgIpc) is 2.45. The number of hydrogen-bond acceptors (Lipinski definition) is 2. The molecule has 0 N–H and O–H groups in total. The molecule has 1 aromatic carbocycles. The lowest BCUT2D eigenvalue weighted by Gasteiger charge is -2.27. The summed E-state index contributed by atoms with van der Waals surface area (Å²) in [5, 5.41) is -0.149. The first-order valence-electron chi connectivity index (χ1n) is 7.11. The van der Waals surface area contributed by atoms with Crippen LogP contribution in [0.1, 0.15) is 23.6 Å². The molecule has 0 radical (unpaired) electrons. The highest BCUT2D eigenvalue weighted by molar-refractivity contribution is 6.32. The molecule has 1 saturated heterocycles. The van der Waals surface area contributed by atoms with Gasteiger partial charge in [0.25, 0.3) is 0 Å². The highest BCUT2D eigenvalue weighted by atomic mass is 35.5. The second kappa shape index (κ2) is 6.99. The van der Waals surface area contributed by atoms with E-state index in [-0.39, 0.29) is 10.6 Å². The van der Waals surface area contributed by atoms with Gasteiger partial charge in [0, 0.05) is 19.6 Å². The van der Waals surface area contributed by atoms with Crippen LogP contribution in [0.5, 0.6) is 0 Å². The van der Waals surface area contributed by atoms with Crippen molar-refractivity contribution in [2.24, 2.45) is 0 Å². The molecule has 21 heavy (non-hydrogen) atoms. The van der Waals surface area contributed by atoms with Gasteiger partial charge in [0.1, 0.15) is 0 Å². The summed E-state index contributed by atoms with van der Waals surface area (Å²) < 4.78 is 45.1. The maximum Gasteiger partial charge on any atom is 0.418 e. The van der Waals surface area contributed by atoms with Gasteiger partial charge < -0.3 is 4.74 Å². The van der Waals surface area contributed by atoms with Crippen molar-refractivity contribution in [3.8, 4) is 0 Å². The third-order valence-electron chi connectivity index (χ3n) is 3.77. The van der Waals surface area contributed by atoms with Gasteiger partial charge in [-0.05, 0) is 24.0 Å². The molecule has 1 heterocycles. The van der Waals surface area contributed by atoms with Crippen LogP contribution in [0, 0.1) is 0 Å². The topological polar surface area (TPSA) is 12.5 Å². The molecule has 0 bridgehead atoms. The molecule has 0 amide bonds. The van der Waals surface area contributed by atoms with Crippen LogP contribution < -0.4 is 0 Å². The molecular formula is C15H19ClF3NO. The lowest BCUT2D eigenvalue weighted by atomic mass is 9.99. The highest BCUT2D eigenvalue weighted by Gasteiger charge is 2.36. The number of morpholine rings is 1. The van der Waals surface area contributed by atoms with E-state index in [2.05, 4.69) is 4.90 Å². The van der Waals surface area contributed by atoms with Crippen molar-refractivity contribution in [2.75, 3.05) is 32.8 Å². The fourth-order valence-electron chi connectivity index (χ4n) is 2.55. The Balaban J connectivity index is 2.19. The Morgan fingerprint density at radius 2 is 1.81 bits per heavy atom. The van der Waals surface area contributed by atoms with Crippen LogP contribution in [0.3, 0.4) is 0 Å². The number of halogens is 4. The molecule has 0 atom stereocenters. The van der Waals surface area contributed by atoms with Crippen LogP contribution >= 0.6 is 11.6 Å². The molecule has 2 nitrogen and oxygen atoms in total. The van der Waals surface area contributed by atoms with Crippen molar-refractivity contribution >= 4 is 11.6 Å². The van der Waals surface area contributed by atoms with Gasteiger partial charge in [-0.3, -0.25) is 4.90 Å². The SMILES string of the molecule is CCc1ccc(CCN2CCOCC2)c(C(F)(F)F)c1Cl. The number of aryl methyl sites for hydroxylation is 1. The summed E-state index contributed by atoms with van der Waals surface area (Å²) in [6.07, 6.45) is -3.58. The molecule has 2 rings (SSSR count).